The first kappa shape index (κ1) is 28.2. The van der Waals surface area contributed by atoms with E-state index in [0.29, 0.717) is 63.9 Å². The number of methoxy groups -OCH3 is 2. The van der Waals surface area contributed by atoms with Gasteiger partial charge in [-0.2, -0.15) is 0 Å². The second-order valence-corrected chi connectivity index (χ2v) is 10.4. The van der Waals surface area contributed by atoms with Crippen molar-refractivity contribution in [3.8, 4) is 23.0 Å². The number of ketones is 1. The minimum atomic E-state index is 0.00328. The van der Waals surface area contributed by atoms with Gasteiger partial charge in [0.05, 0.1) is 40.6 Å². The number of carbonyl (C=O) groups is 1. The number of phenols is 2. The lowest BCUT2D eigenvalue weighted by atomic mass is 10.0. The first-order valence-corrected chi connectivity index (χ1v) is 13.8. The van der Waals surface area contributed by atoms with Crippen LogP contribution in [0.3, 0.4) is 0 Å². The lowest BCUT2D eigenvalue weighted by Crippen LogP contribution is -2.35. The van der Waals surface area contributed by atoms with Gasteiger partial charge in [-0.1, -0.05) is 0 Å². The quantitative estimate of drug-likeness (QED) is 0.478. The maximum absolute atomic E-state index is 13.4. The molecular weight excluding hydrogens is 512 g/mol. The highest BCUT2D eigenvalue weighted by Crippen LogP contribution is 2.37. The van der Waals surface area contributed by atoms with E-state index in [1.807, 2.05) is 24.3 Å². The summed E-state index contributed by atoms with van der Waals surface area (Å²) in [5.41, 5.74) is 4.60. The first-order chi connectivity index (χ1) is 19.4. The molecule has 2 saturated heterocycles. The minimum Gasteiger partial charge on any atom is -0.504 e. The summed E-state index contributed by atoms with van der Waals surface area (Å²) >= 11 is 0. The van der Waals surface area contributed by atoms with E-state index in [1.165, 1.54) is 14.2 Å². The summed E-state index contributed by atoms with van der Waals surface area (Å²) < 4.78 is 21.8. The molecule has 0 unspecified atom stereocenters. The molecule has 2 N–H and O–H groups in total. The van der Waals surface area contributed by atoms with Crippen LogP contribution in [0.15, 0.2) is 35.4 Å². The molecule has 0 aromatic heterocycles. The molecule has 0 spiro atoms. The molecule has 2 aliphatic heterocycles. The molecule has 3 fully saturated rings. The third-order valence-electron chi connectivity index (χ3n) is 7.72. The molecule has 1 aliphatic carbocycles. The van der Waals surface area contributed by atoms with Crippen molar-refractivity contribution >= 4 is 17.9 Å². The number of carbonyl (C=O) groups excluding carboxylic acids is 1. The first-order valence-electron chi connectivity index (χ1n) is 13.8. The summed E-state index contributed by atoms with van der Waals surface area (Å²) in [5, 5.41) is 21.5. The highest BCUT2D eigenvalue weighted by Gasteiger charge is 2.25. The Hall–Kier alpha value is -3.37. The van der Waals surface area contributed by atoms with Crippen molar-refractivity contribution < 1.29 is 34.0 Å². The van der Waals surface area contributed by atoms with Gasteiger partial charge in [-0.25, -0.2) is 0 Å². The Morgan fingerprint density at radius 1 is 0.725 bits per heavy atom. The number of phenolic OH excluding ortho intramolecular Hbond substituents is 2. The smallest absolute Gasteiger partial charge is 0.185 e. The Labute approximate surface area is 235 Å². The Morgan fingerprint density at radius 3 is 1.50 bits per heavy atom. The van der Waals surface area contributed by atoms with E-state index in [2.05, 4.69) is 9.80 Å². The van der Waals surface area contributed by atoms with Crippen molar-refractivity contribution in [3.05, 3.63) is 57.7 Å². The molecule has 3 aliphatic rings. The standard InChI is InChI=1S/C31H38N2O7/c1-37-27-17-21(15-25(30(27)35)19-32-5-9-39-10-6-32)13-23-3-4-24(29(23)34)14-22-16-26(31(36)28(18-22)38-2)20-33-7-11-40-12-8-33/h13-18,35-36H,3-12,19-20H2,1-2H3/b23-13+,24-14+. The summed E-state index contributed by atoms with van der Waals surface area (Å²) in [7, 11) is 3.07. The molecule has 40 heavy (non-hydrogen) atoms. The van der Waals surface area contributed by atoms with E-state index in [4.69, 9.17) is 18.9 Å². The van der Waals surface area contributed by atoms with E-state index in [9.17, 15) is 15.0 Å². The third kappa shape index (κ3) is 6.50. The topological polar surface area (TPSA) is 101 Å². The third-order valence-corrected chi connectivity index (χ3v) is 7.72. The van der Waals surface area contributed by atoms with Crippen LogP contribution in [-0.2, 0) is 27.4 Å². The predicted octanol–water partition coefficient (Wildman–Crippen LogP) is 3.61. The summed E-state index contributed by atoms with van der Waals surface area (Å²) in [6, 6.07) is 7.39. The molecule has 0 bridgehead atoms. The van der Waals surface area contributed by atoms with Gasteiger partial charge in [-0.3, -0.25) is 14.6 Å². The van der Waals surface area contributed by atoms with Gasteiger partial charge in [0, 0.05) is 61.5 Å². The van der Waals surface area contributed by atoms with Crippen LogP contribution in [-0.4, -0.2) is 92.6 Å². The van der Waals surface area contributed by atoms with Crippen molar-refractivity contribution in [3.63, 3.8) is 0 Å². The van der Waals surface area contributed by atoms with Crippen LogP contribution in [0.4, 0.5) is 0 Å². The zero-order chi connectivity index (χ0) is 28.1. The van der Waals surface area contributed by atoms with E-state index < -0.39 is 0 Å². The van der Waals surface area contributed by atoms with Crippen LogP contribution >= 0.6 is 0 Å². The Kier molecular flexibility index (Phi) is 9.06. The molecule has 5 rings (SSSR count). The Morgan fingerprint density at radius 2 is 1.12 bits per heavy atom. The molecule has 1 saturated carbocycles. The average molecular weight is 551 g/mol. The normalized spacial score (nSPS) is 20.9. The number of allylic oxidation sites excluding steroid dienone is 2. The second kappa shape index (κ2) is 12.9. The van der Waals surface area contributed by atoms with E-state index >= 15 is 0 Å². The fraction of sp³-hybridized carbons (Fsp3) is 0.452. The molecule has 2 heterocycles. The average Bonchev–Trinajstić information content (AvgIpc) is 3.31. The number of hydrogen-bond donors (Lipinski definition) is 2. The van der Waals surface area contributed by atoms with Crippen LogP contribution in [0.25, 0.3) is 12.2 Å². The zero-order valence-corrected chi connectivity index (χ0v) is 23.3. The number of Topliss-reactive ketones (excluding diaryl/α,β-unsaturated/α-hetero) is 1. The number of hydrogen-bond acceptors (Lipinski definition) is 9. The monoisotopic (exact) mass is 550 g/mol. The van der Waals surface area contributed by atoms with Gasteiger partial charge in [0.2, 0.25) is 0 Å². The van der Waals surface area contributed by atoms with Crippen LogP contribution in [0.2, 0.25) is 0 Å². The maximum Gasteiger partial charge on any atom is 0.185 e. The van der Waals surface area contributed by atoms with E-state index in [1.54, 1.807) is 12.1 Å². The van der Waals surface area contributed by atoms with Gasteiger partial charge in [-0.05, 0) is 60.4 Å². The van der Waals surface area contributed by atoms with Crippen molar-refractivity contribution in [2.24, 2.45) is 0 Å². The number of aromatic hydroxyl groups is 2. The maximum atomic E-state index is 13.4. The number of ether oxygens (including phenoxy) is 4. The Balaban J connectivity index is 1.38. The van der Waals surface area contributed by atoms with Gasteiger partial charge in [0.1, 0.15) is 0 Å². The molecule has 214 valence electrons. The summed E-state index contributed by atoms with van der Waals surface area (Å²) in [5.74, 6) is 1.04. The van der Waals surface area contributed by atoms with E-state index in [0.717, 1.165) is 59.6 Å². The molecule has 2 aromatic rings. The minimum absolute atomic E-state index is 0.00328. The summed E-state index contributed by atoms with van der Waals surface area (Å²) in [6.45, 7) is 7.06. The zero-order valence-electron chi connectivity index (χ0n) is 23.3. The van der Waals surface area contributed by atoms with Crippen LogP contribution in [0, 0.1) is 0 Å². The lowest BCUT2D eigenvalue weighted by Gasteiger charge is -2.27. The van der Waals surface area contributed by atoms with Gasteiger partial charge in [0.15, 0.2) is 28.8 Å². The molecule has 9 heteroatoms. The number of morpholine rings is 2. The summed E-state index contributed by atoms with van der Waals surface area (Å²) in [4.78, 5) is 17.9. The molecule has 0 radical (unpaired) electrons. The van der Waals surface area contributed by atoms with Crippen molar-refractivity contribution in [2.75, 3.05) is 66.8 Å². The number of nitrogens with zero attached hydrogens (tertiary/aromatic N) is 2. The molecule has 2 aromatic carbocycles. The molecule has 9 nitrogen and oxygen atoms in total. The summed E-state index contributed by atoms with van der Waals surface area (Å²) in [6.07, 6.45) is 5.05. The second-order valence-electron chi connectivity index (χ2n) is 10.4. The largest absolute Gasteiger partial charge is 0.504 e. The van der Waals surface area contributed by atoms with Crippen LogP contribution in [0.1, 0.15) is 35.1 Å². The fourth-order valence-corrected chi connectivity index (χ4v) is 5.48. The highest BCUT2D eigenvalue weighted by atomic mass is 16.5. The fourth-order valence-electron chi connectivity index (χ4n) is 5.48. The SMILES string of the molecule is COc1cc(/C=C2\CC/C(=C\c3cc(CN4CCOCC4)c(O)c(OC)c3)C2=O)cc(CN2CCOCC2)c1O. The lowest BCUT2D eigenvalue weighted by molar-refractivity contribution is -0.111. The van der Waals surface area contributed by atoms with Gasteiger partial charge >= 0.3 is 0 Å². The molecular formula is C31H38N2O7. The predicted molar refractivity (Wildman–Crippen MR) is 152 cm³/mol. The van der Waals surface area contributed by atoms with Gasteiger partial charge in [-0.15, -0.1) is 0 Å². The van der Waals surface area contributed by atoms with Crippen LogP contribution < -0.4 is 9.47 Å². The van der Waals surface area contributed by atoms with Crippen molar-refractivity contribution in [1.29, 1.82) is 0 Å². The highest BCUT2D eigenvalue weighted by molar-refractivity contribution is 6.15. The van der Waals surface area contributed by atoms with E-state index in [-0.39, 0.29) is 17.3 Å². The van der Waals surface area contributed by atoms with Gasteiger partial charge < -0.3 is 29.2 Å². The Bertz CT molecular complexity index is 1190. The molecule has 0 amide bonds. The van der Waals surface area contributed by atoms with Gasteiger partial charge in [0.25, 0.3) is 0 Å². The molecule has 0 atom stereocenters. The van der Waals surface area contributed by atoms with Crippen molar-refractivity contribution in [1.82, 2.24) is 9.80 Å². The number of benzene rings is 2. The van der Waals surface area contributed by atoms with Crippen molar-refractivity contribution in [2.45, 2.75) is 25.9 Å². The number of rotatable bonds is 8. The van der Waals surface area contributed by atoms with Crippen LogP contribution in [0.5, 0.6) is 23.0 Å².